The lowest BCUT2D eigenvalue weighted by atomic mass is 9.92. The second-order valence-electron chi connectivity index (χ2n) is 6.00. The molecule has 0 fully saturated rings. The summed E-state index contributed by atoms with van der Waals surface area (Å²) < 4.78 is 1.66. The van der Waals surface area contributed by atoms with E-state index in [1.165, 1.54) is 0 Å². The largest absolute Gasteiger partial charge is 0.356 e. The van der Waals surface area contributed by atoms with Crippen LogP contribution in [0, 0.1) is 0 Å². The van der Waals surface area contributed by atoms with E-state index in [4.69, 9.17) is 0 Å². The summed E-state index contributed by atoms with van der Waals surface area (Å²) in [6.45, 7) is 8.62. The van der Waals surface area contributed by atoms with Crippen molar-refractivity contribution in [2.24, 2.45) is 0 Å². The number of hydrogen-bond acceptors (Lipinski definition) is 4. The van der Waals surface area contributed by atoms with Crippen molar-refractivity contribution in [2.75, 3.05) is 12.3 Å². The molecular weight excluding hydrogens is 274 g/mol. The highest BCUT2D eigenvalue weighted by Gasteiger charge is 2.29. The third-order valence-electron chi connectivity index (χ3n) is 3.25. The first-order valence-electron chi connectivity index (χ1n) is 6.86. The average Bonchev–Trinajstić information content (AvgIpc) is 2.72. The molecule has 1 amide bonds. The normalized spacial score (nSPS) is 17.9. The molecule has 0 spiro atoms. The van der Waals surface area contributed by atoms with Crippen LogP contribution in [0.15, 0.2) is 16.0 Å². The van der Waals surface area contributed by atoms with Gasteiger partial charge in [-0.15, -0.1) is 0 Å². The topological polar surface area (TPSA) is 64.0 Å². The number of carbonyl (C=O) groups excluding carboxylic acids is 1. The van der Waals surface area contributed by atoms with E-state index in [9.17, 15) is 9.59 Å². The molecule has 0 saturated carbocycles. The molecule has 1 aromatic rings. The summed E-state index contributed by atoms with van der Waals surface area (Å²) in [4.78, 5) is 28.6. The van der Waals surface area contributed by atoms with E-state index in [1.807, 2.05) is 27.7 Å². The molecule has 20 heavy (non-hydrogen) atoms. The molecule has 1 N–H and O–H groups in total. The van der Waals surface area contributed by atoms with Crippen LogP contribution in [0.1, 0.15) is 45.9 Å². The van der Waals surface area contributed by atoms with E-state index in [0.29, 0.717) is 13.0 Å². The smallest absolute Gasteiger partial charge is 0.254 e. The zero-order valence-electron chi connectivity index (χ0n) is 12.4. The minimum Gasteiger partial charge on any atom is -0.356 e. The zero-order chi connectivity index (χ0) is 14.9. The number of fused-ring (bicyclic) bond motifs is 1. The first-order chi connectivity index (χ1) is 9.32. The maximum absolute atomic E-state index is 12.3. The maximum atomic E-state index is 12.3. The highest BCUT2D eigenvalue weighted by atomic mass is 32.2. The van der Waals surface area contributed by atoms with Crippen molar-refractivity contribution in [3.8, 4) is 0 Å². The molecule has 1 aliphatic heterocycles. The molecule has 0 saturated heterocycles. The third kappa shape index (κ3) is 3.06. The minimum absolute atomic E-state index is 0.0160. The molecule has 2 heterocycles. The Morgan fingerprint density at radius 2 is 2.25 bits per heavy atom. The Kier molecular flexibility index (Phi) is 4.22. The molecule has 1 aliphatic rings. The molecule has 1 unspecified atom stereocenters. The third-order valence-corrected chi connectivity index (χ3v) is 4.35. The fraction of sp³-hybridized carbons (Fsp3) is 0.643. The first-order valence-corrected chi connectivity index (χ1v) is 7.85. The van der Waals surface area contributed by atoms with E-state index < -0.39 is 0 Å². The molecule has 110 valence electrons. The van der Waals surface area contributed by atoms with Gasteiger partial charge in [-0.2, -0.15) is 0 Å². The summed E-state index contributed by atoms with van der Waals surface area (Å²) in [6.07, 6.45) is 0.338. The standard InChI is InChI=1S/C14H21N3O2S/c1-5-15-11(18)6-9-8-20-13-16-10(14(2,3)4)7-12(19)17(9)13/h7,9H,5-6,8H2,1-4H3,(H,15,18). The lowest BCUT2D eigenvalue weighted by Crippen LogP contribution is -2.31. The van der Waals surface area contributed by atoms with Gasteiger partial charge in [0.25, 0.3) is 5.56 Å². The van der Waals surface area contributed by atoms with Crippen LogP contribution in [0.2, 0.25) is 0 Å². The van der Waals surface area contributed by atoms with E-state index in [-0.39, 0.29) is 22.9 Å². The number of nitrogens with zero attached hydrogens (tertiary/aromatic N) is 2. The maximum Gasteiger partial charge on any atom is 0.254 e. The number of nitrogens with one attached hydrogen (secondary N) is 1. The lowest BCUT2D eigenvalue weighted by Gasteiger charge is -2.19. The number of amides is 1. The van der Waals surface area contributed by atoms with E-state index >= 15 is 0 Å². The quantitative estimate of drug-likeness (QED) is 0.862. The minimum atomic E-state index is -0.146. The first kappa shape index (κ1) is 15.1. The van der Waals surface area contributed by atoms with Gasteiger partial charge in [0.15, 0.2) is 5.16 Å². The number of rotatable bonds is 3. The molecule has 2 rings (SSSR count). The molecule has 0 aliphatic carbocycles. The van der Waals surface area contributed by atoms with Crippen LogP contribution in [0.4, 0.5) is 0 Å². The van der Waals surface area contributed by atoms with Crippen molar-refractivity contribution in [1.82, 2.24) is 14.9 Å². The van der Waals surface area contributed by atoms with Gasteiger partial charge in [0, 0.05) is 30.2 Å². The Morgan fingerprint density at radius 1 is 1.55 bits per heavy atom. The summed E-state index contributed by atoms with van der Waals surface area (Å²) in [5.41, 5.74) is 0.603. The monoisotopic (exact) mass is 295 g/mol. The van der Waals surface area contributed by atoms with Crippen LogP contribution < -0.4 is 10.9 Å². The summed E-state index contributed by atoms with van der Waals surface area (Å²) in [6, 6.07) is 1.51. The van der Waals surface area contributed by atoms with Crippen LogP contribution in [0.25, 0.3) is 0 Å². The molecule has 0 aromatic carbocycles. The van der Waals surface area contributed by atoms with Gasteiger partial charge in [0.05, 0.1) is 11.7 Å². The molecule has 1 atom stereocenters. The van der Waals surface area contributed by atoms with Crippen LogP contribution in [0.5, 0.6) is 0 Å². The average molecular weight is 295 g/mol. The fourth-order valence-corrected chi connectivity index (χ4v) is 3.32. The van der Waals surface area contributed by atoms with Crippen molar-refractivity contribution in [3.63, 3.8) is 0 Å². The van der Waals surface area contributed by atoms with E-state index in [1.54, 1.807) is 22.4 Å². The van der Waals surface area contributed by atoms with Crippen LogP contribution in [0.3, 0.4) is 0 Å². The van der Waals surface area contributed by atoms with E-state index in [2.05, 4.69) is 10.3 Å². The molecular formula is C14H21N3O2S. The van der Waals surface area contributed by atoms with Gasteiger partial charge in [-0.3, -0.25) is 14.2 Å². The molecule has 1 aromatic heterocycles. The Labute approximate surface area is 123 Å². The van der Waals surface area contributed by atoms with E-state index in [0.717, 1.165) is 16.6 Å². The van der Waals surface area contributed by atoms with Crippen LogP contribution in [-0.2, 0) is 10.2 Å². The summed E-state index contributed by atoms with van der Waals surface area (Å²) in [5.74, 6) is 0.713. The Hall–Kier alpha value is -1.30. The fourth-order valence-electron chi connectivity index (χ4n) is 2.17. The highest BCUT2D eigenvalue weighted by Crippen LogP contribution is 2.33. The van der Waals surface area contributed by atoms with Crippen molar-refractivity contribution >= 4 is 17.7 Å². The van der Waals surface area contributed by atoms with Crippen molar-refractivity contribution in [2.45, 2.75) is 50.7 Å². The zero-order valence-corrected chi connectivity index (χ0v) is 13.2. The predicted octanol–water partition coefficient (Wildman–Crippen LogP) is 1.71. The van der Waals surface area contributed by atoms with Crippen LogP contribution in [-0.4, -0.2) is 27.8 Å². The SMILES string of the molecule is CCNC(=O)CC1CSc2nc(C(C)(C)C)cc(=O)n21. The van der Waals surface area contributed by atoms with Gasteiger partial charge < -0.3 is 5.32 Å². The van der Waals surface area contributed by atoms with Gasteiger partial charge in [-0.05, 0) is 6.92 Å². The van der Waals surface area contributed by atoms with Gasteiger partial charge in [-0.1, -0.05) is 32.5 Å². The summed E-state index contributed by atoms with van der Waals surface area (Å²) >= 11 is 1.55. The summed E-state index contributed by atoms with van der Waals surface area (Å²) in [7, 11) is 0. The lowest BCUT2D eigenvalue weighted by molar-refractivity contribution is -0.121. The number of thioether (sulfide) groups is 1. The highest BCUT2D eigenvalue weighted by molar-refractivity contribution is 7.99. The van der Waals surface area contributed by atoms with Crippen molar-refractivity contribution in [1.29, 1.82) is 0 Å². The number of aromatic nitrogens is 2. The van der Waals surface area contributed by atoms with Gasteiger partial charge >= 0.3 is 0 Å². The molecule has 0 radical (unpaired) electrons. The molecule has 0 bridgehead atoms. The molecule has 5 nitrogen and oxygen atoms in total. The van der Waals surface area contributed by atoms with Crippen molar-refractivity contribution < 1.29 is 4.79 Å². The Balaban J connectivity index is 2.29. The van der Waals surface area contributed by atoms with Gasteiger partial charge in [0.1, 0.15) is 0 Å². The Morgan fingerprint density at radius 3 is 2.85 bits per heavy atom. The Bertz CT molecular complexity index is 575. The molecule has 6 heteroatoms. The number of carbonyl (C=O) groups is 1. The van der Waals surface area contributed by atoms with Crippen LogP contribution >= 0.6 is 11.8 Å². The summed E-state index contributed by atoms with van der Waals surface area (Å²) in [5, 5.41) is 3.51. The van der Waals surface area contributed by atoms with Gasteiger partial charge in [0.2, 0.25) is 5.91 Å². The van der Waals surface area contributed by atoms with Crippen molar-refractivity contribution in [3.05, 3.63) is 22.1 Å². The second kappa shape index (κ2) is 5.60. The number of hydrogen-bond donors (Lipinski definition) is 1. The predicted molar refractivity (Wildman–Crippen MR) is 80.3 cm³/mol. The second-order valence-corrected chi connectivity index (χ2v) is 6.99. The van der Waals surface area contributed by atoms with Gasteiger partial charge in [-0.25, -0.2) is 4.98 Å².